The van der Waals surface area contributed by atoms with Gasteiger partial charge in [-0.15, -0.1) is 0 Å². The Balaban J connectivity index is 2.48. The first kappa shape index (κ1) is 11.0. The summed E-state index contributed by atoms with van der Waals surface area (Å²) in [5.74, 6) is -0.895. The Labute approximate surface area is 97.2 Å². The Morgan fingerprint density at radius 2 is 2.12 bits per heavy atom. The van der Waals surface area contributed by atoms with E-state index in [0.717, 1.165) is 5.69 Å². The predicted octanol–water partition coefficient (Wildman–Crippen LogP) is 1.13. The highest BCUT2D eigenvalue weighted by Gasteiger charge is 2.12. The van der Waals surface area contributed by atoms with Crippen LogP contribution in [0.2, 0.25) is 0 Å². The summed E-state index contributed by atoms with van der Waals surface area (Å²) in [4.78, 5) is 22.8. The molecule has 2 aromatic rings. The number of carboxylic acids is 1. The largest absolute Gasteiger partial charge is 0.477 e. The van der Waals surface area contributed by atoms with Crippen LogP contribution in [0, 0.1) is 6.92 Å². The SMILES string of the molecule is Cc1cccc(-c2ncc(C(=O)O)c(N)n2)n1. The second kappa shape index (κ2) is 4.17. The standard InChI is InChI=1S/C11H10N4O2/c1-6-3-2-4-8(14-6)10-13-5-7(11(16)17)9(12)15-10/h2-5H,1H3,(H,16,17)(H2,12,13,15). The Bertz CT molecular complexity index is 583. The smallest absolute Gasteiger partial charge is 0.341 e. The zero-order valence-corrected chi connectivity index (χ0v) is 9.08. The molecular formula is C11H10N4O2. The van der Waals surface area contributed by atoms with E-state index in [0.29, 0.717) is 11.5 Å². The molecule has 86 valence electrons. The molecule has 3 N–H and O–H groups in total. The van der Waals surface area contributed by atoms with Crippen molar-refractivity contribution in [2.24, 2.45) is 0 Å². The zero-order valence-electron chi connectivity index (χ0n) is 9.08. The van der Waals surface area contributed by atoms with E-state index < -0.39 is 5.97 Å². The summed E-state index contributed by atoms with van der Waals surface area (Å²) in [7, 11) is 0. The number of pyridine rings is 1. The molecule has 0 spiro atoms. The number of aromatic carboxylic acids is 1. The number of carbonyl (C=O) groups is 1. The molecule has 0 saturated carbocycles. The van der Waals surface area contributed by atoms with Gasteiger partial charge in [0.05, 0.1) is 0 Å². The molecule has 0 aliphatic rings. The van der Waals surface area contributed by atoms with Crippen molar-refractivity contribution in [3.8, 4) is 11.5 Å². The Kier molecular flexibility index (Phi) is 2.70. The second-order valence-electron chi connectivity index (χ2n) is 3.46. The molecule has 6 heteroatoms. The van der Waals surface area contributed by atoms with Crippen LogP contribution in [0.25, 0.3) is 11.5 Å². The van der Waals surface area contributed by atoms with Crippen molar-refractivity contribution in [2.45, 2.75) is 6.92 Å². The predicted molar refractivity (Wildman–Crippen MR) is 61.4 cm³/mol. The van der Waals surface area contributed by atoms with Crippen LogP contribution in [-0.2, 0) is 0 Å². The number of nitrogens with zero attached hydrogens (tertiary/aromatic N) is 3. The molecule has 0 amide bonds. The summed E-state index contributed by atoms with van der Waals surface area (Å²) in [6.45, 7) is 1.85. The molecule has 2 aromatic heterocycles. The van der Waals surface area contributed by atoms with Crippen molar-refractivity contribution < 1.29 is 9.90 Å². The summed E-state index contributed by atoms with van der Waals surface area (Å²) in [5.41, 5.74) is 6.82. The fourth-order valence-corrected chi connectivity index (χ4v) is 1.35. The number of carboxylic acid groups (broad SMARTS) is 1. The molecule has 0 atom stereocenters. The summed E-state index contributed by atoms with van der Waals surface area (Å²) < 4.78 is 0. The van der Waals surface area contributed by atoms with Gasteiger partial charge >= 0.3 is 5.97 Å². The fourth-order valence-electron chi connectivity index (χ4n) is 1.35. The van der Waals surface area contributed by atoms with Crippen LogP contribution in [-0.4, -0.2) is 26.0 Å². The van der Waals surface area contributed by atoms with E-state index in [1.165, 1.54) is 6.20 Å². The van der Waals surface area contributed by atoms with Gasteiger partial charge in [0.25, 0.3) is 0 Å². The zero-order chi connectivity index (χ0) is 12.4. The van der Waals surface area contributed by atoms with Crippen molar-refractivity contribution >= 4 is 11.8 Å². The number of anilines is 1. The number of rotatable bonds is 2. The third-order valence-electron chi connectivity index (χ3n) is 2.17. The molecule has 6 nitrogen and oxygen atoms in total. The van der Waals surface area contributed by atoms with Crippen LogP contribution in [0.15, 0.2) is 24.4 Å². The summed E-state index contributed by atoms with van der Waals surface area (Å²) in [6.07, 6.45) is 1.18. The lowest BCUT2D eigenvalue weighted by atomic mass is 10.2. The molecule has 0 fully saturated rings. The van der Waals surface area contributed by atoms with E-state index in [1.54, 1.807) is 6.07 Å². The molecule has 0 aromatic carbocycles. The van der Waals surface area contributed by atoms with Crippen LogP contribution >= 0.6 is 0 Å². The Morgan fingerprint density at radius 1 is 1.35 bits per heavy atom. The van der Waals surface area contributed by atoms with Gasteiger partial charge in [-0.25, -0.2) is 19.7 Å². The number of hydrogen-bond donors (Lipinski definition) is 2. The van der Waals surface area contributed by atoms with Gasteiger partial charge in [0, 0.05) is 11.9 Å². The molecule has 0 unspecified atom stereocenters. The number of aryl methyl sites for hydroxylation is 1. The first-order chi connectivity index (χ1) is 8.08. The van der Waals surface area contributed by atoms with E-state index in [9.17, 15) is 4.79 Å². The van der Waals surface area contributed by atoms with Gasteiger partial charge in [0.15, 0.2) is 5.82 Å². The lowest BCUT2D eigenvalue weighted by molar-refractivity contribution is 0.0697. The van der Waals surface area contributed by atoms with Gasteiger partial charge in [-0.2, -0.15) is 0 Å². The van der Waals surface area contributed by atoms with Crippen LogP contribution in [0.3, 0.4) is 0 Å². The first-order valence-electron chi connectivity index (χ1n) is 4.88. The minimum atomic E-state index is -1.15. The Hall–Kier alpha value is -2.50. The maximum atomic E-state index is 10.7. The number of nitrogen functional groups attached to an aromatic ring is 1. The van der Waals surface area contributed by atoms with Crippen molar-refractivity contribution in [1.29, 1.82) is 0 Å². The van der Waals surface area contributed by atoms with E-state index >= 15 is 0 Å². The molecule has 0 radical (unpaired) electrons. The number of aromatic nitrogens is 3. The monoisotopic (exact) mass is 230 g/mol. The average molecular weight is 230 g/mol. The Morgan fingerprint density at radius 3 is 2.71 bits per heavy atom. The molecule has 0 aliphatic heterocycles. The van der Waals surface area contributed by atoms with Gasteiger partial charge in [0.1, 0.15) is 17.1 Å². The van der Waals surface area contributed by atoms with Gasteiger partial charge in [0.2, 0.25) is 0 Å². The molecule has 0 saturated heterocycles. The van der Waals surface area contributed by atoms with Gasteiger partial charge in [-0.1, -0.05) is 6.07 Å². The molecule has 0 bridgehead atoms. The first-order valence-corrected chi connectivity index (χ1v) is 4.88. The highest BCUT2D eigenvalue weighted by Crippen LogP contribution is 2.15. The van der Waals surface area contributed by atoms with Crippen LogP contribution in [0.5, 0.6) is 0 Å². The third-order valence-corrected chi connectivity index (χ3v) is 2.17. The number of hydrogen-bond acceptors (Lipinski definition) is 5. The lowest BCUT2D eigenvalue weighted by Crippen LogP contribution is -2.07. The van der Waals surface area contributed by atoms with Gasteiger partial charge in [-0.3, -0.25) is 0 Å². The van der Waals surface area contributed by atoms with Crippen molar-refractivity contribution in [1.82, 2.24) is 15.0 Å². The van der Waals surface area contributed by atoms with Crippen molar-refractivity contribution in [3.63, 3.8) is 0 Å². The van der Waals surface area contributed by atoms with Gasteiger partial charge in [-0.05, 0) is 19.1 Å². The summed E-state index contributed by atoms with van der Waals surface area (Å²) in [6, 6.07) is 5.41. The molecular weight excluding hydrogens is 220 g/mol. The van der Waals surface area contributed by atoms with Gasteiger partial charge < -0.3 is 10.8 Å². The quantitative estimate of drug-likeness (QED) is 0.801. The minimum absolute atomic E-state index is 0.0641. The van der Waals surface area contributed by atoms with Crippen molar-refractivity contribution in [3.05, 3.63) is 35.7 Å². The summed E-state index contributed by atoms with van der Waals surface area (Å²) in [5, 5.41) is 8.80. The normalized spacial score (nSPS) is 10.2. The minimum Gasteiger partial charge on any atom is -0.477 e. The third kappa shape index (κ3) is 2.20. The lowest BCUT2D eigenvalue weighted by Gasteiger charge is -2.03. The number of nitrogens with two attached hydrogens (primary N) is 1. The van der Waals surface area contributed by atoms with Crippen molar-refractivity contribution in [2.75, 3.05) is 5.73 Å². The second-order valence-corrected chi connectivity index (χ2v) is 3.46. The highest BCUT2D eigenvalue weighted by molar-refractivity contribution is 5.92. The van der Waals surface area contributed by atoms with E-state index in [1.807, 2.05) is 19.1 Å². The van der Waals surface area contributed by atoms with E-state index in [4.69, 9.17) is 10.8 Å². The van der Waals surface area contributed by atoms with Crippen LogP contribution in [0.4, 0.5) is 5.82 Å². The average Bonchev–Trinajstić information content (AvgIpc) is 2.28. The van der Waals surface area contributed by atoms with Crippen LogP contribution in [0.1, 0.15) is 16.1 Å². The fraction of sp³-hybridized carbons (Fsp3) is 0.0909. The maximum Gasteiger partial charge on any atom is 0.341 e. The topological polar surface area (TPSA) is 102 Å². The summed E-state index contributed by atoms with van der Waals surface area (Å²) >= 11 is 0. The molecule has 2 heterocycles. The van der Waals surface area contributed by atoms with E-state index in [-0.39, 0.29) is 11.4 Å². The molecule has 0 aliphatic carbocycles. The molecule has 17 heavy (non-hydrogen) atoms. The maximum absolute atomic E-state index is 10.7. The van der Waals surface area contributed by atoms with E-state index in [2.05, 4.69) is 15.0 Å². The highest BCUT2D eigenvalue weighted by atomic mass is 16.4. The molecule has 2 rings (SSSR count). The van der Waals surface area contributed by atoms with Crippen LogP contribution < -0.4 is 5.73 Å².